The van der Waals surface area contributed by atoms with E-state index in [9.17, 15) is 4.79 Å². The Balaban J connectivity index is 1.55. The maximum absolute atomic E-state index is 12.9. The van der Waals surface area contributed by atoms with E-state index < -0.39 is 0 Å². The molecule has 30 heavy (non-hydrogen) atoms. The Morgan fingerprint density at radius 3 is 3.03 bits per heavy atom. The SMILES string of the molecule is CCc1nnc(Nc2cc(C)nc(C3CCCCN3C(=O)C=Cc3cnc[nH]3)n2)s1. The fraction of sp³-hybridized carbons (Fsp3) is 0.400. The smallest absolute Gasteiger partial charge is 0.247 e. The van der Waals surface area contributed by atoms with Crippen molar-refractivity contribution in [3.63, 3.8) is 0 Å². The van der Waals surface area contributed by atoms with E-state index in [2.05, 4.69) is 30.5 Å². The minimum Gasteiger partial charge on any atom is -0.345 e. The number of aromatic nitrogens is 6. The van der Waals surface area contributed by atoms with Crippen LogP contribution in [0, 0.1) is 6.92 Å². The van der Waals surface area contributed by atoms with Crippen LogP contribution in [0.15, 0.2) is 24.7 Å². The van der Waals surface area contributed by atoms with E-state index >= 15 is 0 Å². The number of likely N-dealkylation sites (tertiary alicyclic amines) is 1. The quantitative estimate of drug-likeness (QED) is 0.583. The molecule has 1 unspecified atom stereocenters. The Bertz CT molecular complexity index is 1030. The molecule has 1 aliphatic rings. The summed E-state index contributed by atoms with van der Waals surface area (Å²) in [5.74, 6) is 1.27. The molecule has 156 valence electrons. The first-order valence-electron chi connectivity index (χ1n) is 10.0. The number of hydrogen-bond donors (Lipinski definition) is 2. The normalized spacial score (nSPS) is 16.9. The highest BCUT2D eigenvalue weighted by Crippen LogP contribution is 2.30. The number of carbonyl (C=O) groups excluding carboxylic acids is 1. The number of piperidine rings is 1. The first-order chi connectivity index (χ1) is 14.6. The topological polar surface area (TPSA) is 113 Å². The van der Waals surface area contributed by atoms with Crippen molar-refractivity contribution >= 4 is 34.3 Å². The Morgan fingerprint density at radius 1 is 1.37 bits per heavy atom. The van der Waals surface area contributed by atoms with Crippen molar-refractivity contribution in [2.75, 3.05) is 11.9 Å². The number of nitrogens with one attached hydrogen (secondary N) is 2. The maximum Gasteiger partial charge on any atom is 0.247 e. The molecular weight excluding hydrogens is 400 g/mol. The Labute approximate surface area is 178 Å². The molecular formula is C20H24N8OS. The second kappa shape index (κ2) is 9.12. The van der Waals surface area contributed by atoms with Gasteiger partial charge in [0.1, 0.15) is 10.8 Å². The molecule has 4 heterocycles. The average molecular weight is 425 g/mol. The van der Waals surface area contributed by atoms with Crippen molar-refractivity contribution in [2.45, 2.75) is 45.6 Å². The summed E-state index contributed by atoms with van der Waals surface area (Å²) in [5.41, 5.74) is 1.63. The molecule has 3 aromatic heterocycles. The zero-order chi connectivity index (χ0) is 20.9. The van der Waals surface area contributed by atoms with Crippen molar-refractivity contribution in [1.82, 2.24) is 35.0 Å². The molecule has 1 atom stereocenters. The molecule has 0 aliphatic carbocycles. The molecule has 0 radical (unpaired) electrons. The number of H-pyrrole nitrogens is 1. The van der Waals surface area contributed by atoms with Crippen LogP contribution in [-0.2, 0) is 11.2 Å². The fourth-order valence-electron chi connectivity index (χ4n) is 3.44. The number of aryl methyl sites for hydroxylation is 2. The number of amides is 1. The summed E-state index contributed by atoms with van der Waals surface area (Å²) in [5, 5.41) is 13.2. The zero-order valence-electron chi connectivity index (χ0n) is 17.0. The first-order valence-corrected chi connectivity index (χ1v) is 10.9. The molecule has 0 aromatic carbocycles. The molecule has 10 heteroatoms. The first kappa shape index (κ1) is 20.1. The minimum atomic E-state index is -0.154. The minimum absolute atomic E-state index is 0.0503. The molecule has 1 aliphatic heterocycles. The van der Waals surface area contributed by atoms with Gasteiger partial charge >= 0.3 is 0 Å². The van der Waals surface area contributed by atoms with E-state index in [0.29, 0.717) is 23.3 Å². The van der Waals surface area contributed by atoms with E-state index in [0.717, 1.165) is 42.1 Å². The van der Waals surface area contributed by atoms with Crippen LogP contribution in [0.3, 0.4) is 0 Å². The van der Waals surface area contributed by atoms with Crippen LogP contribution < -0.4 is 5.32 Å². The van der Waals surface area contributed by atoms with E-state index in [-0.39, 0.29) is 11.9 Å². The van der Waals surface area contributed by atoms with E-state index in [1.807, 2.05) is 24.8 Å². The number of carbonyl (C=O) groups is 1. The molecule has 2 N–H and O–H groups in total. The molecule has 0 bridgehead atoms. The van der Waals surface area contributed by atoms with E-state index in [4.69, 9.17) is 4.98 Å². The monoisotopic (exact) mass is 424 g/mol. The zero-order valence-corrected chi connectivity index (χ0v) is 17.8. The summed E-state index contributed by atoms with van der Waals surface area (Å²) in [4.78, 5) is 31.0. The van der Waals surface area contributed by atoms with Gasteiger partial charge in [0.15, 0.2) is 5.82 Å². The van der Waals surface area contributed by atoms with Gasteiger partial charge in [-0.15, -0.1) is 10.2 Å². The predicted molar refractivity (Wildman–Crippen MR) is 115 cm³/mol. The van der Waals surface area contributed by atoms with Gasteiger partial charge in [-0.3, -0.25) is 4.79 Å². The summed E-state index contributed by atoms with van der Waals surface area (Å²) < 4.78 is 0. The van der Waals surface area contributed by atoms with Gasteiger partial charge in [0.2, 0.25) is 11.0 Å². The summed E-state index contributed by atoms with van der Waals surface area (Å²) in [7, 11) is 0. The van der Waals surface area contributed by atoms with Crippen LogP contribution in [0.1, 0.15) is 54.4 Å². The molecule has 0 spiro atoms. The fourth-order valence-corrected chi connectivity index (χ4v) is 4.13. The molecule has 1 amide bonds. The number of anilines is 2. The standard InChI is InChI=1S/C20H24N8OS/c1-3-17-26-27-20(30-17)25-16-10-13(2)23-19(24-16)15-6-4-5-9-28(15)18(29)8-7-14-11-21-12-22-14/h7-8,10-12,15H,3-6,9H2,1-2H3,(H,21,22)(H,23,24,25,27). The van der Waals surface area contributed by atoms with Gasteiger partial charge in [0.25, 0.3) is 0 Å². The maximum atomic E-state index is 12.9. The number of imidazole rings is 1. The van der Waals surface area contributed by atoms with Crippen molar-refractivity contribution in [3.8, 4) is 0 Å². The second-order valence-electron chi connectivity index (χ2n) is 7.12. The summed E-state index contributed by atoms with van der Waals surface area (Å²) in [6.07, 6.45) is 10.3. The van der Waals surface area contributed by atoms with Crippen LogP contribution in [-0.4, -0.2) is 47.5 Å². The highest BCUT2D eigenvalue weighted by atomic mass is 32.1. The third-order valence-electron chi connectivity index (χ3n) is 4.88. The lowest BCUT2D eigenvalue weighted by Gasteiger charge is -2.34. The van der Waals surface area contributed by atoms with Crippen molar-refractivity contribution in [2.24, 2.45) is 0 Å². The number of rotatable bonds is 6. The Morgan fingerprint density at radius 2 is 2.27 bits per heavy atom. The van der Waals surface area contributed by atoms with Crippen molar-refractivity contribution in [1.29, 1.82) is 0 Å². The lowest BCUT2D eigenvalue weighted by molar-refractivity contribution is -0.129. The number of nitrogens with zero attached hydrogens (tertiary/aromatic N) is 6. The van der Waals surface area contributed by atoms with Gasteiger partial charge in [0.05, 0.1) is 24.3 Å². The van der Waals surface area contributed by atoms with Crippen LogP contribution in [0.4, 0.5) is 10.9 Å². The number of aromatic amines is 1. The van der Waals surface area contributed by atoms with E-state index in [1.54, 1.807) is 24.7 Å². The van der Waals surface area contributed by atoms with Crippen LogP contribution in [0.25, 0.3) is 6.08 Å². The van der Waals surface area contributed by atoms with Gasteiger partial charge in [0, 0.05) is 24.4 Å². The van der Waals surface area contributed by atoms with Crippen molar-refractivity contribution in [3.05, 3.63) is 46.9 Å². The Hall–Kier alpha value is -3.14. The van der Waals surface area contributed by atoms with Gasteiger partial charge in [-0.1, -0.05) is 18.3 Å². The highest BCUT2D eigenvalue weighted by Gasteiger charge is 2.29. The molecule has 1 fully saturated rings. The lowest BCUT2D eigenvalue weighted by Crippen LogP contribution is -2.38. The summed E-state index contributed by atoms with van der Waals surface area (Å²) >= 11 is 1.51. The van der Waals surface area contributed by atoms with Gasteiger partial charge in [-0.2, -0.15) is 0 Å². The van der Waals surface area contributed by atoms with Crippen LogP contribution in [0.2, 0.25) is 0 Å². The molecule has 3 aromatic rings. The van der Waals surface area contributed by atoms with Gasteiger partial charge in [-0.25, -0.2) is 15.0 Å². The van der Waals surface area contributed by atoms with Crippen LogP contribution in [0.5, 0.6) is 0 Å². The van der Waals surface area contributed by atoms with Gasteiger partial charge in [-0.05, 0) is 38.7 Å². The lowest BCUT2D eigenvalue weighted by atomic mass is 10.0. The van der Waals surface area contributed by atoms with E-state index in [1.165, 1.54) is 11.3 Å². The average Bonchev–Trinajstić information content (AvgIpc) is 3.43. The van der Waals surface area contributed by atoms with Crippen LogP contribution >= 0.6 is 11.3 Å². The molecule has 9 nitrogen and oxygen atoms in total. The predicted octanol–water partition coefficient (Wildman–Crippen LogP) is 3.43. The second-order valence-corrected chi connectivity index (χ2v) is 8.18. The number of hydrogen-bond acceptors (Lipinski definition) is 8. The summed E-state index contributed by atoms with van der Waals surface area (Å²) in [6, 6.07) is 1.72. The van der Waals surface area contributed by atoms with Gasteiger partial charge < -0.3 is 15.2 Å². The summed E-state index contributed by atoms with van der Waals surface area (Å²) in [6.45, 7) is 4.67. The molecule has 4 rings (SSSR count). The third kappa shape index (κ3) is 4.70. The molecule has 0 saturated carbocycles. The van der Waals surface area contributed by atoms with Crippen molar-refractivity contribution < 1.29 is 4.79 Å². The third-order valence-corrected chi connectivity index (χ3v) is 5.87. The molecule has 1 saturated heterocycles. The Kier molecular flexibility index (Phi) is 6.12. The highest BCUT2D eigenvalue weighted by molar-refractivity contribution is 7.15. The largest absolute Gasteiger partial charge is 0.345 e.